The first-order valence-corrected chi connectivity index (χ1v) is 15.2. The van der Waals surface area contributed by atoms with Crippen LogP contribution in [0.1, 0.15) is 30.9 Å². The predicted octanol–water partition coefficient (Wildman–Crippen LogP) is 7.92. The van der Waals surface area contributed by atoms with Crippen LogP contribution in [0.2, 0.25) is 0 Å². The van der Waals surface area contributed by atoms with Crippen molar-refractivity contribution in [2.24, 2.45) is 0 Å². The maximum Gasteiger partial charge on any atom is 0.174 e. The molecule has 224 valence electrons. The molecule has 0 aliphatic heterocycles. The summed E-state index contributed by atoms with van der Waals surface area (Å²) in [5.74, 6) is 2.18. The SMILES string of the molecule is COc1ccc(C(C)(C)c2c(Br)nc(SCCOc3ccc(-n4ccnc4C)c(F)c3)n2-c2ccc(F)cc2)cc1OC. The highest BCUT2D eigenvalue weighted by Gasteiger charge is 2.33. The van der Waals surface area contributed by atoms with Gasteiger partial charge in [-0.3, -0.25) is 4.57 Å². The number of benzene rings is 3. The minimum atomic E-state index is -0.554. The molecule has 2 aromatic heterocycles. The van der Waals surface area contributed by atoms with Crippen LogP contribution >= 0.6 is 27.7 Å². The number of thioether (sulfide) groups is 1. The van der Waals surface area contributed by atoms with Gasteiger partial charge in [-0.05, 0) is 76.9 Å². The molecular formula is C32H31BrF2N4O3S. The minimum absolute atomic E-state index is 0.315. The van der Waals surface area contributed by atoms with Crippen LogP contribution in [-0.2, 0) is 5.41 Å². The van der Waals surface area contributed by atoms with Crippen molar-refractivity contribution in [1.82, 2.24) is 19.1 Å². The molecule has 7 nitrogen and oxygen atoms in total. The van der Waals surface area contributed by atoms with Gasteiger partial charge in [0.1, 0.15) is 22.0 Å². The highest BCUT2D eigenvalue weighted by atomic mass is 79.9. The number of methoxy groups -OCH3 is 2. The van der Waals surface area contributed by atoms with Crippen LogP contribution in [0, 0.1) is 18.6 Å². The number of halogens is 3. The van der Waals surface area contributed by atoms with Gasteiger partial charge < -0.3 is 18.8 Å². The summed E-state index contributed by atoms with van der Waals surface area (Å²) in [6.45, 7) is 6.32. The van der Waals surface area contributed by atoms with Gasteiger partial charge in [0.15, 0.2) is 22.5 Å². The molecule has 0 aliphatic rings. The Morgan fingerprint density at radius 1 is 0.953 bits per heavy atom. The van der Waals surface area contributed by atoms with Crippen molar-refractivity contribution in [3.63, 3.8) is 0 Å². The second-order valence-electron chi connectivity index (χ2n) is 10.2. The van der Waals surface area contributed by atoms with Gasteiger partial charge in [0.05, 0.1) is 32.2 Å². The molecule has 2 heterocycles. The van der Waals surface area contributed by atoms with E-state index in [4.69, 9.17) is 19.2 Å². The van der Waals surface area contributed by atoms with Crippen LogP contribution in [0.5, 0.6) is 17.2 Å². The number of hydrogen-bond donors (Lipinski definition) is 0. The molecule has 0 unspecified atom stereocenters. The van der Waals surface area contributed by atoms with Crippen LogP contribution < -0.4 is 14.2 Å². The lowest BCUT2D eigenvalue weighted by atomic mass is 9.81. The second-order valence-corrected chi connectivity index (χ2v) is 12.0. The van der Waals surface area contributed by atoms with Crippen LogP contribution in [0.4, 0.5) is 8.78 Å². The lowest BCUT2D eigenvalue weighted by Crippen LogP contribution is -2.24. The monoisotopic (exact) mass is 668 g/mol. The van der Waals surface area contributed by atoms with E-state index in [2.05, 4.69) is 34.8 Å². The third kappa shape index (κ3) is 6.28. The Bertz CT molecular complexity index is 1740. The molecule has 0 saturated carbocycles. The van der Waals surface area contributed by atoms with Crippen molar-refractivity contribution in [2.75, 3.05) is 26.6 Å². The van der Waals surface area contributed by atoms with Crippen molar-refractivity contribution in [1.29, 1.82) is 0 Å². The zero-order chi connectivity index (χ0) is 30.7. The Morgan fingerprint density at radius 2 is 1.70 bits per heavy atom. The highest BCUT2D eigenvalue weighted by molar-refractivity contribution is 9.10. The predicted molar refractivity (Wildman–Crippen MR) is 167 cm³/mol. The van der Waals surface area contributed by atoms with Crippen molar-refractivity contribution in [2.45, 2.75) is 31.3 Å². The summed E-state index contributed by atoms with van der Waals surface area (Å²) in [6.07, 6.45) is 3.35. The zero-order valence-electron chi connectivity index (χ0n) is 24.4. The van der Waals surface area contributed by atoms with E-state index in [1.165, 1.54) is 30.0 Å². The van der Waals surface area contributed by atoms with Gasteiger partial charge in [0.2, 0.25) is 0 Å². The number of rotatable bonds is 11. The molecule has 0 fully saturated rings. The van der Waals surface area contributed by atoms with E-state index in [1.54, 1.807) is 55.4 Å². The maximum absolute atomic E-state index is 14.8. The van der Waals surface area contributed by atoms with E-state index < -0.39 is 11.2 Å². The molecule has 0 spiro atoms. The second kappa shape index (κ2) is 12.8. The van der Waals surface area contributed by atoms with Gasteiger partial charge in [-0.15, -0.1) is 0 Å². The Morgan fingerprint density at radius 3 is 2.35 bits per heavy atom. The summed E-state index contributed by atoms with van der Waals surface area (Å²) >= 11 is 5.19. The molecule has 0 amide bonds. The Balaban J connectivity index is 1.40. The van der Waals surface area contributed by atoms with Gasteiger partial charge in [-0.2, -0.15) is 0 Å². The topological polar surface area (TPSA) is 63.3 Å². The van der Waals surface area contributed by atoms with Gasteiger partial charge >= 0.3 is 0 Å². The van der Waals surface area contributed by atoms with Crippen molar-refractivity contribution in [3.05, 3.63) is 106 Å². The molecule has 5 rings (SSSR count). The number of aromatic nitrogens is 4. The maximum atomic E-state index is 14.8. The Hall–Kier alpha value is -3.83. The first-order chi connectivity index (χ1) is 20.6. The fourth-order valence-corrected chi connectivity index (χ4v) is 6.69. The lowest BCUT2D eigenvalue weighted by molar-refractivity contribution is 0.341. The van der Waals surface area contributed by atoms with E-state index in [0.29, 0.717) is 50.9 Å². The molecule has 11 heteroatoms. The lowest BCUT2D eigenvalue weighted by Gasteiger charge is -2.28. The molecule has 3 aromatic carbocycles. The third-order valence-electron chi connectivity index (χ3n) is 7.17. The molecule has 0 atom stereocenters. The van der Waals surface area contributed by atoms with Crippen LogP contribution in [0.15, 0.2) is 82.8 Å². The van der Waals surface area contributed by atoms with Gasteiger partial charge in [0, 0.05) is 35.3 Å². The smallest absolute Gasteiger partial charge is 0.174 e. The van der Waals surface area contributed by atoms with E-state index in [9.17, 15) is 8.78 Å². The normalized spacial score (nSPS) is 11.5. The summed E-state index contributed by atoms with van der Waals surface area (Å²) < 4.78 is 50.0. The molecule has 0 N–H and O–H groups in total. The third-order valence-corrected chi connectivity index (χ3v) is 8.63. The summed E-state index contributed by atoms with van der Waals surface area (Å²) in [6, 6.07) is 16.9. The number of imidazole rings is 2. The summed E-state index contributed by atoms with van der Waals surface area (Å²) in [5, 5.41) is 0.697. The van der Waals surface area contributed by atoms with Crippen LogP contribution in [-0.4, -0.2) is 45.7 Å². The molecule has 0 radical (unpaired) electrons. The fraction of sp³-hybridized carbons (Fsp3) is 0.250. The average molecular weight is 670 g/mol. The minimum Gasteiger partial charge on any atom is -0.493 e. The zero-order valence-corrected chi connectivity index (χ0v) is 26.8. The van der Waals surface area contributed by atoms with Gasteiger partial charge in [-0.1, -0.05) is 31.7 Å². The summed E-state index contributed by atoms with van der Waals surface area (Å²) in [5.41, 5.74) is 2.47. The van der Waals surface area contributed by atoms with Crippen molar-refractivity contribution in [3.8, 4) is 28.6 Å². The quantitative estimate of drug-likeness (QED) is 0.105. The van der Waals surface area contributed by atoms with Gasteiger partial charge in [0.25, 0.3) is 0 Å². The average Bonchev–Trinajstić information content (AvgIpc) is 3.57. The molecule has 0 aliphatic carbocycles. The summed E-state index contributed by atoms with van der Waals surface area (Å²) in [4.78, 5) is 9.01. The Kier molecular flexibility index (Phi) is 9.12. The molecule has 0 bridgehead atoms. The van der Waals surface area contributed by atoms with E-state index in [-0.39, 0.29) is 5.82 Å². The Labute approximate surface area is 262 Å². The van der Waals surface area contributed by atoms with Crippen molar-refractivity contribution >= 4 is 27.7 Å². The molecule has 43 heavy (non-hydrogen) atoms. The fourth-order valence-electron chi connectivity index (χ4n) is 4.90. The number of hydrogen-bond acceptors (Lipinski definition) is 6. The summed E-state index contributed by atoms with van der Waals surface area (Å²) in [7, 11) is 3.21. The standard InChI is InChI=1S/C32H31BrF2N4O3S/c1-20-36-14-15-38(20)26-12-11-24(19-25(26)35)42-16-17-43-31-37-30(33)29(39(31)23-9-7-22(34)8-10-23)32(2,3)21-6-13-27(40-4)28(18-21)41-5/h6-15,18-19H,16-17H2,1-5H3. The molecule has 5 aromatic rings. The number of aryl methyl sites for hydroxylation is 1. The van der Waals surface area contributed by atoms with E-state index >= 15 is 0 Å². The number of nitrogens with zero attached hydrogens (tertiary/aromatic N) is 4. The molecular weight excluding hydrogens is 638 g/mol. The first kappa shape index (κ1) is 30.6. The largest absolute Gasteiger partial charge is 0.493 e. The van der Waals surface area contributed by atoms with Crippen molar-refractivity contribution < 1.29 is 23.0 Å². The molecule has 0 saturated heterocycles. The highest BCUT2D eigenvalue weighted by Crippen LogP contribution is 2.42. The first-order valence-electron chi connectivity index (χ1n) is 13.5. The van der Waals surface area contributed by atoms with E-state index in [1.807, 2.05) is 29.7 Å². The van der Waals surface area contributed by atoms with Crippen LogP contribution in [0.3, 0.4) is 0 Å². The number of ether oxygens (including phenoxy) is 3. The van der Waals surface area contributed by atoms with Crippen LogP contribution in [0.25, 0.3) is 11.4 Å². The van der Waals surface area contributed by atoms with E-state index in [0.717, 1.165) is 16.9 Å². The van der Waals surface area contributed by atoms with Gasteiger partial charge in [-0.25, -0.2) is 18.7 Å².